The molecule has 5 nitrogen and oxygen atoms in total. The Bertz CT molecular complexity index is 1020. The van der Waals surface area contributed by atoms with Crippen LogP contribution < -0.4 is 4.74 Å². The molecule has 156 valence electrons. The van der Waals surface area contributed by atoms with E-state index < -0.39 is 0 Å². The molecule has 0 saturated carbocycles. The predicted octanol–water partition coefficient (Wildman–Crippen LogP) is 4.14. The number of fused-ring (bicyclic) bond motifs is 1. The molecule has 0 radical (unpaired) electrons. The number of likely N-dealkylation sites (tertiary alicyclic amines) is 1. The molecule has 1 saturated heterocycles. The highest BCUT2D eigenvalue weighted by Crippen LogP contribution is 2.30. The van der Waals surface area contributed by atoms with E-state index in [-0.39, 0.29) is 12.0 Å². The molecule has 1 fully saturated rings. The fourth-order valence-corrected chi connectivity index (χ4v) is 4.10. The lowest BCUT2D eigenvalue weighted by Crippen LogP contribution is -2.44. The van der Waals surface area contributed by atoms with Crippen molar-refractivity contribution in [3.8, 4) is 16.9 Å². The summed E-state index contributed by atoms with van der Waals surface area (Å²) in [5.41, 5.74) is 4.60. The number of pyridine rings is 1. The van der Waals surface area contributed by atoms with Gasteiger partial charge in [-0.15, -0.1) is 0 Å². The molecule has 3 aromatic rings. The molecular formula is C25H29N3O2. The normalized spacial score (nSPS) is 15.0. The van der Waals surface area contributed by atoms with Crippen LogP contribution in [0.1, 0.15) is 18.4 Å². The second-order valence-electron chi connectivity index (χ2n) is 8.27. The number of nitrogens with zero attached hydrogens (tertiary/aromatic N) is 3. The molecule has 2 aromatic carbocycles. The van der Waals surface area contributed by atoms with Crippen molar-refractivity contribution < 1.29 is 9.53 Å². The standard InChI is InChI=1S/C25H29N3O2/c1-18-23(11-8-20-5-4-14-26-25(18)20)19-6-9-21(10-7-19)30-22-12-15-28(16-13-22)24(29)17-27(2)3/h4-11,14,22H,12-13,15-17H2,1-3H3. The van der Waals surface area contributed by atoms with Gasteiger partial charge in [0.1, 0.15) is 11.9 Å². The lowest BCUT2D eigenvalue weighted by molar-refractivity contribution is -0.133. The number of benzene rings is 2. The summed E-state index contributed by atoms with van der Waals surface area (Å²) < 4.78 is 6.20. The molecule has 4 rings (SSSR count). The van der Waals surface area contributed by atoms with E-state index in [4.69, 9.17) is 4.74 Å². The summed E-state index contributed by atoms with van der Waals surface area (Å²) >= 11 is 0. The number of hydrogen-bond donors (Lipinski definition) is 0. The molecule has 0 aliphatic carbocycles. The summed E-state index contributed by atoms with van der Waals surface area (Å²) in [5, 5.41) is 1.16. The molecular weight excluding hydrogens is 374 g/mol. The molecule has 30 heavy (non-hydrogen) atoms. The Labute approximate surface area is 178 Å². The number of likely N-dealkylation sites (N-methyl/N-ethyl adjacent to an activating group) is 1. The minimum absolute atomic E-state index is 0.158. The number of ether oxygens (including phenoxy) is 1. The monoisotopic (exact) mass is 403 g/mol. The third kappa shape index (κ3) is 4.46. The van der Waals surface area contributed by atoms with Gasteiger partial charge in [-0.25, -0.2) is 0 Å². The van der Waals surface area contributed by atoms with Crippen LogP contribution in [-0.2, 0) is 4.79 Å². The third-order valence-electron chi connectivity index (χ3n) is 5.74. The average molecular weight is 404 g/mol. The van der Waals surface area contributed by atoms with Gasteiger partial charge in [-0.1, -0.05) is 30.3 Å². The maximum absolute atomic E-state index is 12.2. The molecule has 5 heteroatoms. The first kappa shape index (κ1) is 20.4. The number of carbonyl (C=O) groups excluding carboxylic acids is 1. The van der Waals surface area contributed by atoms with E-state index in [9.17, 15) is 4.79 Å². The van der Waals surface area contributed by atoms with Gasteiger partial charge in [-0.2, -0.15) is 0 Å². The molecule has 2 heterocycles. The van der Waals surface area contributed by atoms with E-state index in [1.807, 2.05) is 48.3 Å². The zero-order valence-corrected chi connectivity index (χ0v) is 18.0. The van der Waals surface area contributed by atoms with Crippen LogP contribution in [0.5, 0.6) is 5.75 Å². The molecule has 0 atom stereocenters. The first-order valence-corrected chi connectivity index (χ1v) is 10.5. The van der Waals surface area contributed by atoms with E-state index in [1.165, 1.54) is 11.1 Å². The van der Waals surface area contributed by atoms with Crippen LogP contribution in [0.3, 0.4) is 0 Å². The first-order valence-electron chi connectivity index (χ1n) is 10.5. The zero-order valence-electron chi connectivity index (χ0n) is 18.0. The number of piperidine rings is 1. The summed E-state index contributed by atoms with van der Waals surface area (Å²) in [6, 6.07) is 16.7. The van der Waals surface area contributed by atoms with Crippen molar-refractivity contribution in [1.82, 2.24) is 14.8 Å². The lowest BCUT2D eigenvalue weighted by atomic mass is 9.98. The van der Waals surface area contributed by atoms with E-state index in [0.717, 1.165) is 48.1 Å². The van der Waals surface area contributed by atoms with Crippen LogP contribution in [0.2, 0.25) is 0 Å². The minimum atomic E-state index is 0.158. The smallest absolute Gasteiger partial charge is 0.236 e. The molecule has 1 amide bonds. The van der Waals surface area contributed by atoms with Crippen molar-refractivity contribution in [2.45, 2.75) is 25.9 Å². The van der Waals surface area contributed by atoms with Crippen molar-refractivity contribution in [2.24, 2.45) is 0 Å². The third-order valence-corrected chi connectivity index (χ3v) is 5.74. The Balaban J connectivity index is 1.39. The summed E-state index contributed by atoms with van der Waals surface area (Å²) in [4.78, 5) is 20.6. The maximum Gasteiger partial charge on any atom is 0.236 e. The van der Waals surface area contributed by atoms with Crippen molar-refractivity contribution in [2.75, 3.05) is 33.7 Å². The van der Waals surface area contributed by atoms with Crippen LogP contribution >= 0.6 is 0 Å². The number of carbonyl (C=O) groups is 1. The molecule has 0 spiro atoms. The maximum atomic E-state index is 12.2. The van der Waals surface area contributed by atoms with Crippen molar-refractivity contribution in [1.29, 1.82) is 0 Å². The van der Waals surface area contributed by atoms with Crippen LogP contribution in [0.25, 0.3) is 22.0 Å². The van der Waals surface area contributed by atoms with Crippen LogP contribution in [-0.4, -0.2) is 60.5 Å². The van der Waals surface area contributed by atoms with E-state index in [0.29, 0.717) is 6.54 Å². The topological polar surface area (TPSA) is 45.7 Å². The van der Waals surface area contributed by atoms with Crippen LogP contribution in [0, 0.1) is 6.92 Å². The number of amides is 1. The van der Waals surface area contributed by atoms with E-state index in [1.54, 1.807) is 0 Å². The van der Waals surface area contributed by atoms with Gasteiger partial charge in [0.25, 0.3) is 0 Å². The summed E-state index contributed by atoms with van der Waals surface area (Å²) in [7, 11) is 3.85. The molecule has 0 N–H and O–H groups in total. The van der Waals surface area contributed by atoms with Gasteiger partial charge in [0.05, 0.1) is 12.1 Å². The molecule has 1 aliphatic rings. The van der Waals surface area contributed by atoms with Gasteiger partial charge in [0, 0.05) is 37.5 Å². The average Bonchev–Trinajstić information content (AvgIpc) is 2.75. The number of rotatable bonds is 5. The molecule has 1 aromatic heterocycles. The van der Waals surface area contributed by atoms with Crippen molar-refractivity contribution in [3.05, 3.63) is 60.3 Å². The van der Waals surface area contributed by atoms with Crippen molar-refractivity contribution in [3.63, 3.8) is 0 Å². The van der Waals surface area contributed by atoms with Crippen molar-refractivity contribution >= 4 is 16.8 Å². The Morgan fingerprint density at radius 3 is 2.53 bits per heavy atom. The molecule has 0 unspecified atom stereocenters. The highest BCUT2D eigenvalue weighted by molar-refractivity contribution is 5.88. The highest BCUT2D eigenvalue weighted by atomic mass is 16.5. The highest BCUT2D eigenvalue weighted by Gasteiger charge is 2.24. The fourth-order valence-electron chi connectivity index (χ4n) is 4.10. The van der Waals surface area contributed by atoms with E-state index in [2.05, 4.69) is 42.2 Å². The first-order chi connectivity index (χ1) is 14.5. The van der Waals surface area contributed by atoms with Crippen LogP contribution in [0.4, 0.5) is 0 Å². The number of aryl methyl sites for hydroxylation is 1. The van der Waals surface area contributed by atoms with Gasteiger partial charge in [-0.05, 0) is 55.9 Å². The molecule has 1 aliphatic heterocycles. The van der Waals surface area contributed by atoms with E-state index >= 15 is 0 Å². The van der Waals surface area contributed by atoms with Gasteiger partial charge in [0.2, 0.25) is 5.91 Å². The van der Waals surface area contributed by atoms with Gasteiger partial charge < -0.3 is 14.5 Å². The minimum Gasteiger partial charge on any atom is -0.490 e. The Morgan fingerprint density at radius 2 is 1.83 bits per heavy atom. The zero-order chi connectivity index (χ0) is 21.1. The van der Waals surface area contributed by atoms with Gasteiger partial charge in [0.15, 0.2) is 0 Å². The Morgan fingerprint density at radius 1 is 1.10 bits per heavy atom. The SMILES string of the molecule is Cc1c(-c2ccc(OC3CCN(C(=O)CN(C)C)CC3)cc2)ccc2cccnc12. The molecule has 0 bridgehead atoms. The Kier molecular flexibility index (Phi) is 6.00. The summed E-state index contributed by atoms with van der Waals surface area (Å²) in [5.74, 6) is 1.08. The van der Waals surface area contributed by atoms with Crippen LogP contribution in [0.15, 0.2) is 54.7 Å². The fraction of sp³-hybridized carbons (Fsp3) is 0.360. The summed E-state index contributed by atoms with van der Waals surface area (Å²) in [6.45, 7) is 4.12. The number of hydrogen-bond acceptors (Lipinski definition) is 4. The second-order valence-corrected chi connectivity index (χ2v) is 8.27. The summed E-state index contributed by atoms with van der Waals surface area (Å²) in [6.07, 6.45) is 3.74. The lowest BCUT2D eigenvalue weighted by Gasteiger charge is -2.32. The predicted molar refractivity (Wildman–Crippen MR) is 121 cm³/mol. The Hall–Kier alpha value is -2.92. The quantitative estimate of drug-likeness (QED) is 0.642. The number of aromatic nitrogens is 1. The largest absolute Gasteiger partial charge is 0.490 e. The van der Waals surface area contributed by atoms with Gasteiger partial charge in [-0.3, -0.25) is 9.78 Å². The second kappa shape index (κ2) is 8.84. The van der Waals surface area contributed by atoms with Gasteiger partial charge >= 0.3 is 0 Å².